The van der Waals surface area contributed by atoms with E-state index in [1.807, 2.05) is 24.3 Å². The number of halogens is 1. The Morgan fingerprint density at radius 3 is 2.44 bits per heavy atom. The van der Waals surface area contributed by atoms with Crippen LogP contribution in [0, 0.1) is 17.1 Å². The Hall–Kier alpha value is -2.60. The van der Waals surface area contributed by atoms with Gasteiger partial charge in [-0.3, -0.25) is 0 Å². The van der Waals surface area contributed by atoms with Crippen molar-refractivity contribution in [3.8, 4) is 17.2 Å². The van der Waals surface area contributed by atoms with Gasteiger partial charge in [-0.15, -0.1) is 0 Å². The number of hydrogen-bond acceptors (Lipinski definition) is 1. The lowest BCUT2D eigenvalue weighted by Gasteiger charge is -2.00. The number of nitrogens with one attached hydrogen (secondary N) is 1. The van der Waals surface area contributed by atoms with E-state index in [1.54, 1.807) is 12.1 Å². The largest absolute Gasteiger partial charge is 0.346 e. The minimum absolute atomic E-state index is 0.280. The molecule has 3 rings (SSSR count). The third-order valence-electron chi connectivity index (χ3n) is 2.95. The molecule has 0 unspecified atom stereocenters. The van der Waals surface area contributed by atoms with Crippen molar-refractivity contribution in [2.24, 2.45) is 0 Å². The highest BCUT2D eigenvalue weighted by molar-refractivity contribution is 5.98. The molecule has 0 bridgehead atoms. The summed E-state index contributed by atoms with van der Waals surface area (Å²) in [5, 5.41) is 10.2. The van der Waals surface area contributed by atoms with Gasteiger partial charge in [0.15, 0.2) is 0 Å². The molecule has 3 heteroatoms. The first-order chi connectivity index (χ1) is 8.79. The summed E-state index contributed by atoms with van der Waals surface area (Å²) < 4.78 is 13.0. The minimum Gasteiger partial charge on any atom is -0.346 e. The summed E-state index contributed by atoms with van der Waals surface area (Å²) in [7, 11) is 0. The van der Waals surface area contributed by atoms with E-state index in [4.69, 9.17) is 0 Å². The Labute approximate surface area is 103 Å². The molecule has 0 fully saturated rings. The molecule has 0 saturated heterocycles. The van der Waals surface area contributed by atoms with Gasteiger partial charge in [-0.2, -0.15) is 5.26 Å². The van der Waals surface area contributed by atoms with E-state index in [0.717, 1.165) is 22.0 Å². The van der Waals surface area contributed by atoms with Gasteiger partial charge in [0.05, 0.1) is 0 Å². The number of para-hydroxylation sites is 1. The van der Waals surface area contributed by atoms with Crippen LogP contribution in [0.2, 0.25) is 0 Å². The summed E-state index contributed by atoms with van der Waals surface area (Å²) in [4.78, 5) is 3.07. The fourth-order valence-corrected chi connectivity index (χ4v) is 2.14. The molecule has 18 heavy (non-hydrogen) atoms. The number of fused-ring (bicyclic) bond motifs is 1. The maximum atomic E-state index is 13.0. The van der Waals surface area contributed by atoms with E-state index in [2.05, 4.69) is 11.1 Å². The van der Waals surface area contributed by atoms with Crippen LogP contribution in [0.3, 0.4) is 0 Å². The topological polar surface area (TPSA) is 39.6 Å². The van der Waals surface area contributed by atoms with Crippen molar-refractivity contribution < 1.29 is 4.39 Å². The van der Waals surface area contributed by atoms with Crippen LogP contribution in [0.1, 0.15) is 5.69 Å². The molecule has 0 aliphatic rings. The second-order valence-corrected chi connectivity index (χ2v) is 4.04. The molecule has 0 amide bonds. The fraction of sp³-hybridized carbons (Fsp3) is 0. The van der Waals surface area contributed by atoms with Crippen molar-refractivity contribution in [1.82, 2.24) is 4.98 Å². The Morgan fingerprint density at radius 1 is 1.00 bits per heavy atom. The monoisotopic (exact) mass is 236 g/mol. The number of nitriles is 1. The molecule has 86 valence electrons. The van der Waals surface area contributed by atoms with Gasteiger partial charge < -0.3 is 4.98 Å². The smallest absolute Gasteiger partial charge is 0.126 e. The van der Waals surface area contributed by atoms with E-state index in [1.165, 1.54) is 12.1 Å². The van der Waals surface area contributed by atoms with Crippen LogP contribution in [0.4, 0.5) is 4.39 Å². The maximum Gasteiger partial charge on any atom is 0.126 e. The number of rotatable bonds is 1. The SMILES string of the molecule is N#Cc1[nH]c2ccccc2c1-c1ccc(F)cc1. The van der Waals surface area contributed by atoms with Crippen molar-refractivity contribution in [3.63, 3.8) is 0 Å². The average molecular weight is 236 g/mol. The predicted molar refractivity (Wildman–Crippen MR) is 68.4 cm³/mol. The zero-order valence-electron chi connectivity index (χ0n) is 9.44. The first-order valence-corrected chi connectivity index (χ1v) is 5.56. The zero-order valence-corrected chi connectivity index (χ0v) is 9.44. The summed E-state index contributed by atoms with van der Waals surface area (Å²) in [6.07, 6.45) is 0. The van der Waals surface area contributed by atoms with Gasteiger partial charge in [0.2, 0.25) is 0 Å². The van der Waals surface area contributed by atoms with Crippen LogP contribution in [-0.4, -0.2) is 4.98 Å². The molecule has 0 atom stereocenters. The van der Waals surface area contributed by atoms with Crippen molar-refractivity contribution >= 4 is 10.9 Å². The second-order valence-electron chi connectivity index (χ2n) is 4.04. The maximum absolute atomic E-state index is 13.0. The standard InChI is InChI=1S/C15H9FN2/c16-11-7-5-10(6-8-11)15-12-3-1-2-4-13(12)18-14(15)9-17/h1-8,18H. The van der Waals surface area contributed by atoms with Crippen LogP contribution < -0.4 is 0 Å². The molecular formula is C15H9FN2. The number of aromatic amines is 1. The number of benzene rings is 2. The molecule has 0 aliphatic heterocycles. The molecule has 2 nitrogen and oxygen atoms in total. The fourth-order valence-electron chi connectivity index (χ4n) is 2.14. The van der Waals surface area contributed by atoms with E-state index < -0.39 is 0 Å². The van der Waals surface area contributed by atoms with E-state index in [0.29, 0.717) is 5.69 Å². The molecule has 0 spiro atoms. The molecule has 0 saturated carbocycles. The van der Waals surface area contributed by atoms with Gasteiger partial charge >= 0.3 is 0 Å². The van der Waals surface area contributed by atoms with Crippen LogP contribution in [0.25, 0.3) is 22.0 Å². The molecule has 1 heterocycles. The highest BCUT2D eigenvalue weighted by Crippen LogP contribution is 2.31. The lowest BCUT2D eigenvalue weighted by atomic mass is 10.0. The normalized spacial score (nSPS) is 10.4. The quantitative estimate of drug-likeness (QED) is 0.685. The van der Waals surface area contributed by atoms with Crippen molar-refractivity contribution in [1.29, 1.82) is 5.26 Å². The molecule has 3 aromatic rings. The third-order valence-corrected chi connectivity index (χ3v) is 2.95. The van der Waals surface area contributed by atoms with Crippen molar-refractivity contribution in [2.45, 2.75) is 0 Å². The minimum atomic E-state index is -0.280. The molecule has 1 aromatic heterocycles. The summed E-state index contributed by atoms with van der Waals surface area (Å²) in [5.41, 5.74) is 3.08. The van der Waals surface area contributed by atoms with Crippen LogP contribution in [0.5, 0.6) is 0 Å². The van der Waals surface area contributed by atoms with E-state index in [-0.39, 0.29) is 5.82 Å². The van der Waals surface area contributed by atoms with Gasteiger partial charge in [0.1, 0.15) is 17.6 Å². The summed E-state index contributed by atoms with van der Waals surface area (Å²) in [6, 6.07) is 16.0. The highest BCUT2D eigenvalue weighted by atomic mass is 19.1. The van der Waals surface area contributed by atoms with Gasteiger partial charge in [-0.25, -0.2) is 4.39 Å². The van der Waals surface area contributed by atoms with Gasteiger partial charge in [-0.05, 0) is 23.8 Å². The molecule has 2 aromatic carbocycles. The Bertz CT molecular complexity index is 748. The van der Waals surface area contributed by atoms with Crippen molar-refractivity contribution in [2.75, 3.05) is 0 Å². The first kappa shape index (κ1) is 10.5. The summed E-state index contributed by atoms with van der Waals surface area (Å²) >= 11 is 0. The van der Waals surface area contributed by atoms with Gasteiger partial charge in [0, 0.05) is 16.5 Å². The van der Waals surface area contributed by atoms with Crippen LogP contribution in [-0.2, 0) is 0 Å². The lowest BCUT2D eigenvalue weighted by molar-refractivity contribution is 0.628. The number of H-pyrrole nitrogens is 1. The number of aromatic nitrogens is 1. The van der Waals surface area contributed by atoms with Gasteiger partial charge in [0.25, 0.3) is 0 Å². The Kier molecular flexibility index (Phi) is 2.35. The van der Waals surface area contributed by atoms with E-state index in [9.17, 15) is 9.65 Å². The second kappa shape index (κ2) is 4.01. The predicted octanol–water partition coefficient (Wildman–Crippen LogP) is 3.85. The molecular weight excluding hydrogens is 227 g/mol. The summed E-state index contributed by atoms with van der Waals surface area (Å²) in [5.74, 6) is -0.280. The van der Waals surface area contributed by atoms with Gasteiger partial charge in [-0.1, -0.05) is 30.3 Å². The Morgan fingerprint density at radius 2 is 1.72 bits per heavy atom. The zero-order chi connectivity index (χ0) is 12.5. The third kappa shape index (κ3) is 1.56. The summed E-state index contributed by atoms with van der Waals surface area (Å²) in [6.45, 7) is 0. The molecule has 1 N–H and O–H groups in total. The molecule has 0 aliphatic carbocycles. The van der Waals surface area contributed by atoms with Crippen molar-refractivity contribution in [3.05, 3.63) is 60.0 Å². The highest BCUT2D eigenvalue weighted by Gasteiger charge is 2.12. The van der Waals surface area contributed by atoms with Crippen LogP contribution >= 0.6 is 0 Å². The lowest BCUT2D eigenvalue weighted by Crippen LogP contribution is -1.81. The molecule has 0 radical (unpaired) electrons. The number of nitrogens with zero attached hydrogens (tertiary/aromatic N) is 1. The number of hydrogen-bond donors (Lipinski definition) is 1. The Balaban J connectivity index is 2.33. The average Bonchev–Trinajstić information content (AvgIpc) is 2.78. The first-order valence-electron chi connectivity index (χ1n) is 5.56. The van der Waals surface area contributed by atoms with E-state index >= 15 is 0 Å². The van der Waals surface area contributed by atoms with Crippen LogP contribution in [0.15, 0.2) is 48.5 Å².